The Morgan fingerprint density at radius 2 is 1.57 bits per heavy atom. The molecule has 3 atom stereocenters. The van der Waals surface area contributed by atoms with Crippen LogP contribution in [0.4, 0.5) is 4.79 Å². The molecular formula is C31H33NO5. The Morgan fingerprint density at radius 1 is 1.00 bits per heavy atom. The lowest BCUT2D eigenvalue weighted by Crippen LogP contribution is -2.57. The fraction of sp³-hybridized carbons (Fsp3) is 0.355. The van der Waals surface area contributed by atoms with Crippen molar-refractivity contribution in [3.05, 3.63) is 96.1 Å². The first kappa shape index (κ1) is 25.2. The van der Waals surface area contributed by atoms with Gasteiger partial charge < -0.3 is 14.6 Å². The number of benzene rings is 3. The molecule has 6 heteroatoms. The van der Waals surface area contributed by atoms with Crippen molar-refractivity contribution < 1.29 is 24.2 Å². The van der Waals surface area contributed by atoms with Gasteiger partial charge in [-0.3, -0.25) is 4.79 Å². The number of amides is 2. The molecule has 0 unspecified atom stereocenters. The van der Waals surface area contributed by atoms with E-state index in [4.69, 9.17) is 9.47 Å². The van der Waals surface area contributed by atoms with Crippen molar-refractivity contribution in [3.8, 4) is 11.1 Å². The summed E-state index contributed by atoms with van der Waals surface area (Å²) in [5, 5.41) is 11.3. The molecule has 6 nitrogen and oxygen atoms in total. The molecule has 0 spiro atoms. The number of cyclic esters (lactones) is 1. The van der Waals surface area contributed by atoms with E-state index in [0.717, 1.165) is 40.0 Å². The number of hydrogen-bond acceptors (Lipinski definition) is 5. The van der Waals surface area contributed by atoms with Crippen molar-refractivity contribution in [1.82, 2.24) is 4.90 Å². The molecule has 37 heavy (non-hydrogen) atoms. The Morgan fingerprint density at radius 3 is 2.16 bits per heavy atom. The SMILES string of the molecule is CC1(C)OC(=O)N(C(=O)[C@@](C)(OCc2ccc(-c3ccccc3)cc2)[C@@H](O)C2CC2)[C@H]1c1ccccc1. The van der Waals surface area contributed by atoms with Crippen molar-refractivity contribution in [3.63, 3.8) is 0 Å². The van der Waals surface area contributed by atoms with Crippen molar-refractivity contribution in [2.75, 3.05) is 0 Å². The summed E-state index contributed by atoms with van der Waals surface area (Å²) < 4.78 is 11.9. The minimum atomic E-state index is -1.62. The molecule has 3 aromatic carbocycles. The number of aliphatic hydroxyl groups is 1. The van der Waals surface area contributed by atoms with E-state index < -0.39 is 35.3 Å². The minimum absolute atomic E-state index is 0.0452. The van der Waals surface area contributed by atoms with Crippen molar-refractivity contribution in [2.45, 2.75) is 63.6 Å². The molecule has 1 heterocycles. The Hall–Kier alpha value is -3.48. The molecule has 1 saturated heterocycles. The van der Waals surface area contributed by atoms with Crippen LogP contribution in [0.2, 0.25) is 0 Å². The van der Waals surface area contributed by atoms with Crippen LogP contribution in [0.3, 0.4) is 0 Å². The number of nitrogens with zero attached hydrogens (tertiary/aromatic N) is 1. The first-order valence-corrected chi connectivity index (χ1v) is 12.8. The first-order chi connectivity index (χ1) is 17.7. The summed E-state index contributed by atoms with van der Waals surface area (Å²) in [5.74, 6) is -0.631. The van der Waals surface area contributed by atoms with Crippen molar-refractivity contribution in [2.24, 2.45) is 5.92 Å². The van der Waals surface area contributed by atoms with Crippen LogP contribution in [0, 0.1) is 5.92 Å². The van der Waals surface area contributed by atoms with E-state index in [1.165, 1.54) is 0 Å². The lowest BCUT2D eigenvalue weighted by molar-refractivity contribution is -0.176. The maximum Gasteiger partial charge on any atom is 0.417 e. The number of rotatable bonds is 8. The van der Waals surface area contributed by atoms with E-state index in [0.29, 0.717) is 0 Å². The maximum atomic E-state index is 14.1. The topological polar surface area (TPSA) is 76.1 Å². The predicted octanol–water partition coefficient (Wildman–Crippen LogP) is 5.90. The molecule has 0 radical (unpaired) electrons. The summed E-state index contributed by atoms with van der Waals surface area (Å²) in [5.41, 5.74) is 1.28. The van der Waals surface area contributed by atoms with E-state index >= 15 is 0 Å². The van der Waals surface area contributed by atoms with Gasteiger partial charge in [0.05, 0.1) is 12.7 Å². The molecule has 1 aliphatic heterocycles. The zero-order valence-corrected chi connectivity index (χ0v) is 21.5. The number of hydrogen-bond donors (Lipinski definition) is 1. The standard InChI is InChI=1S/C31H33NO5/c1-30(2)26(24-12-8-5-9-13-24)32(29(35)37-30)28(34)31(3,27(33)25-18-19-25)36-20-21-14-16-23(17-15-21)22-10-6-4-7-11-22/h4-17,25-27,33H,18-20H2,1-3H3/t26-,27-,31-/m0/s1. The van der Waals surface area contributed by atoms with E-state index in [1.807, 2.05) is 84.9 Å². The Balaban J connectivity index is 1.41. The highest BCUT2D eigenvalue weighted by Gasteiger charge is 2.58. The largest absolute Gasteiger partial charge is 0.440 e. The number of carbonyl (C=O) groups excluding carboxylic acids is 2. The van der Waals surface area contributed by atoms with Crippen LogP contribution >= 0.6 is 0 Å². The fourth-order valence-corrected chi connectivity index (χ4v) is 5.16. The average Bonchev–Trinajstić information content (AvgIpc) is 3.72. The molecule has 0 bridgehead atoms. The highest BCUT2D eigenvalue weighted by Crippen LogP contribution is 2.45. The summed E-state index contributed by atoms with van der Waals surface area (Å²) in [6.45, 7) is 5.29. The van der Waals surface area contributed by atoms with Crippen LogP contribution in [0.5, 0.6) is 0 Å². The third kappa shape index (κ3) is 4.91. The van der Waals surface area contributed by atoms with Crippen LogP contribution in [0.1, 0.15) is 50.8 Å². The predicted molar refractivity (Wildman–Crippen MR) is 140 cm³/mol. The minimum Gasteiger partial charge on any atom is -0.440 e. The lowest BCUT2D eigenvalue weighted by Gasteiger charge is -2.38. The second-order valence-electron chi connectivity index (χ2n) is 10.7. The molecule has 192 valence electrons. The smallest absolute Gasteiger partial charge is 0.417 e. The van der Waals surface area contributed by atoms with Gasteiger partial charge in [-0.1, -0.05) is 84.9 Å². The third-order valence-corrected chi connectivity index (χ3v) is 7.46. The van der Waals surface area contributed by atoms with Gasteiger partial charge in [0.25, 0.3) is 5.91 Å². The molecule has 1 saturated carbocycles. The van der Waals surface area contributed by atoms with Crippen LogP contribution in [-0.4, -0.2) is 39.3 Å². The van der Waals surface area contributed by atoms with Gasteiger partial charge in [0, 0.05) is 0 Å². The average molecular weight is 500 g/mol. The number of ether oxygens (including phenoxy) is 2. The van der Waals surface area contributed by atoms with Crippen LogP contribution in [-0.2, 0) is 20.9 Å². The molecule has 2 fully saturated rings. The second kappa shape index (κ2) is 9.77. The van der Waals surface area contributed by atoms with Crippen molar-refractivity contribution in [1.29, 1.82) is 0 Å². The van der Waals surface area contributed by atoms with Gasteiger partial charge >= 0.3 is 6.09 Å². The van der Waals surface area contributed by atoms with Gasteiger partial charge in [-0.2, -0.15) is 0 Å². The maximum absolute atomic E-state index is 14.1. The van der Waals surface area contributed by atoms with Gasteiger partial charge in [-0.05, 0) is 61.8 Å². The molecule has 5 rings (SSSR count). The monoisotopic (exact) mass is 499 g/mol. The zero-order valence-electron chi connectivity index (χ0n) is 21.5. The Bertz CT molecular complexity index is 1250. The zero-order chi connectivity index (χ0) is 26.2. The number of imide groups is 1. The second-order valence-corrected chi connectivity index (χ2v) is 10.7. The quantitative estimate of drug-likeness (QED) is 0.418. The van der Waals surface area contributed by atoms with Gasteiger partial charge in [0.1, 0.15) is 11.6 Å². The molecule has 0 aromatic heterocycles. The number of carbonyl (C=O) groups is 2. The van der Waals surface area contributed by atoms with Crippen LogP contribution < -0.4 is 0 Å². The molecule has 2 aliphatic rings. The van der Waals surface area contributed by atoms with E-state index in [2.05, 4.69) is 0 Å². The normalized spacial score (nSPS) is 21.2. The van der Waals surface area contributed by atoms with Gasteiger partial charge in [-0.15, -0.1) is 0 Å². The molecule has 2 amide bonds. The summed E-state index contributed by atoms with van der Waals surface area (Å²) in [6, 6.07) is 26.7. The Labute approximate surface area is 217 Å². The summed E-state index contributed by atoms with van der Waals surface area (Å²) in [6.07, 6.45) is -0.139. The molecule has 1 N–H and O–H groups in total. The summed E-state index contributed by atoms with van der Waals surface area (Å²) >= 11 is 0. The van der Waals surface area contributed by atoms with E-state index in [1.54, 1.807) is 20.8 Å². The highest BCUT2D eigenvalue weighted by atomic mass is 16.6. The van der Waals surface area contributed by atoms with E-state index in [-0.39, 0.29) is 12.5 Å². The van der Waals surface area contributed by atoms with Gasteiger partial charge in [-0.25, -0.2) is 9.69 Å². The fourth-order valence-electron chi connectivity index (χ4n) is 5.16. The first-order valence-electron chi connectivity index (χ1n) is 12.8. The van der Waals surface area contributed by atoms with Gasteiger partial charge in [0.2, 0.25) is 0 Å². The third-order valence-electron chi connectivity index (χ3n) is 7.46. The number of aliphatic hydroxyl groups excluding tert-OH is 1. The van der Waals surface area contributed by atoms with Crippen LogP contribution in [0.25, 0.3) is 11.1 Å². The highest BCUT2D eigenvalue weighted by molar-refractivity contribution is 5.99. The lowest BCUT2D eigenvalue weighted by atomic mass is 9.88. The van der Waals surface area contributed by atoms with Gasteiger partial charge in [0.15, 0.2) is 5.60 Å². The molecule has 3 aromatic rings. The Kier molecular flexibility index (Phi) is 6.65. The summed E-state index contributed by atoms with van der Waals surface area (Å²) in [4.78, 5) is 28.3. The van der Waals surface area contributed by atoms with Crippen LogP contribution in [0.15, 0.2) is 84.9 Å². The molecular weight excluding hydrogens is 466 g/mol. The van der Waals surface area contributed by atoms with Crippen molar-refractivity contribution >= 4 is 12.0 Å². The summed E-state index contributed by atoms with van der Waals surface area (Å²) in [7, 11) is 0. The molecule has 1 aliphatic carbocycles. The van der Waals surface area contributed by atoms with E-state index in [9.17, 15) is 14.7 Å².